The van der Waals surface area contributed by atoms with E-state index >= 15 is 0 Å². The molecule has 1 aliphatic heterocycles. The Bertz CT molecular complexity index is 412. The SMILES string of the molecule is CCCC1(C(=O)O)CCCN1C(=O)NC1CCC(C)C1C. The van der Waals surface area contributed by atoms with Crippen LogP contribution in [-0.4, -0.2) is 40.1 Å². The summed E-state index contributed by atoms with van der Waals surface area (Å²) in [6.07, 6.45) is 4.77. The number of urea groups is 1. The topological polar surface area (TPSA) is 69.6 Å². The minimum atomic E-state index is -0.994. The van der Waals surface area contributed by atoms with Gasteiger partial charge in [-0.3, -0.25) is 0 Å². The number of aliphatic carboxylic acids is 1. The number of nitrogens with one attached hydrogen (secondary N) is 1. The molecule has 0 aromatic rings. The van der Waals surface area contributed by atoms with Gasteiger partial charge in [-0.15, -0.1) is 0 Å². The first kappa shape index (κ1) is 16.1. The Hall–Kier alpha value is -1.26. The summed E-state index contributed by atoms with van der Waals surface area (Å²) in [7, 11) is 0. The van der Waals surface area contributed by atoms with Gasteiger partial charge in [-0.05, 0) is 43.9 Å². The van der Waals surface area contributed by atoms with Crippen LogP contribution in [0, 0.1) is 11.8 Å². The van der Waals surface area contributed by atoms with Crippen LogP contribution in [0.5, 0.6) is 0 Å². The van der Waals surface area contributed by atoms with Gasteiger partial charge in [0, 0.05) is 12.6 Å². The van der Waals surface area contributed by atoms with Crippen molar-refractivity contribution < 1.29 is 14.7 Å². The van der Waals surface area contributed by atoms with Crippen LogP contribution in [0.3, 0.4) is 0 Å². The monoisotopic (exact) mass is 296 g/mol. The normalized spacial score (nSPS) is 36.0. The van der Waals surface area contributed by atoms with Crippen molar-refractivity contribution >= 4 is 12.0 Å². The molecule has 0 spiro atoms. The molecule has 120 valence electrons. The molecule has 4 unspecified atom stereocenters. The molecule has 2 N–H and O–H groups in total. The number of nitrogens with zero attached hydrogens (tertiary/aromatic N) is 1. The Morgan fingerprint density at radius 2 is 2.05 bits per heavy atom. The molecular formula is C16H28N2O3. The second kappa shape index (κ2) is 6.24. The number of carboxylic acid groups (broad SMARTS) is 1. The van der Waals surface area contributed by atoms with E-state index in [0.717, 1.165) is 25.7 Å². The van der Waals surface area contributed by atoms with E-state index < -0.39 is 11.5 Å². The van der Waals surface area contributed by atoms with E-state index in [1.165, 1.54) is 0 Å². The molecule has 0 radical (unpaired) electrons. The van der Waals surface area contributed by atoms with E-state index in [4.69, 9.17) is 0 Å². The summed E-state index contributed by atoms with van der Waals surface area (Å²) in [6, 6.07) is -0.00415. The van der Waals surface area contributed by atoms with Gasteiger partial charge in [0.05, 0.1) is 0 Å². The number of carboxylic acids is 1. The van der Waals surface area contributed by atoms with Crippen LogP contribution in [-0.2, 0) is 4.79 Å². The Balaban J connectivity index is 2.08. The third kappa shape index (κ3) is 2.87. The van der Waals surface area contributed by atoms with Gasteiger partial charge in [-0.2, -0.15) is 0 Å². The zero-order valence-corrected chi connectivity index (χ0v) is 13.4. The first-order valence-electron chi connectivity index (χ1n) is 8.24. The number of carbonyl (C=O) groups excluding carboxylic acids is 1. The molecule has 1 heterocycles. The number of hydrogen-bond donors (Lipinski definition) is 2. The average molecular weight is 296 g/mol. The lowest BCUT2D eigenvalue weighted by Crippen LogP contribution is -2.57. The zero-order chi connectivity index (χ0) is 15.6. The van der Waals surface area contributed by atoms with Gasteiger partial charge in [0.2, 0.25) is 0 Å². The molecule has 5 heteroatoms. The Kier molecular flexibility index (Phi) is 4.79. The lowest BCUT2D eigenvalue weighted by molar-refractivity contribution is -0.148. The maximum absolute atomic E-state index is 12.6. The molecule has 1 saturated carbocycles. The van der Waals surface area contributed by atoms with Gasteiger partial charge in [-0.25, -0.2) is 9.59 Å². The van der Waals surface area contributed by atoms with E-state index in [0.29, 0.717) is 31.2 Å². The molecular weight excluding hydrogens is 268 g/mol. The fraction of sp³-hybridized carbons (Fsp3) is 0.875. The van der Waals surface area contributed by atoms with E-state index in [1.807, 2.05) is 6.92 Å². The third-order valence-electron chi connectivity index (χ3n) is 5.57. The second-order valence-corrected chi connectivity index (χ2v) is 6.81. The van der Waals surface area contributed by atoms with Crippen molar-refractivity contribution in [3.05, 3.63) is 0 Å². The zero-order valence-electron chi connectivity index (χ0n) is 13.4. The van der Waals surface area contributed by atoms with Crippen LogP contribution in [0.4, 0.5) is 4.79 Å². The summed E-state index contributed by atoms with van der Waals surface area (Å²) >= 11 is 0. The van der Waals surface area contributed by atoms with E-state index in [2.05, 4.69) is 19.2 Å². The van der Waals surface area contributed by atoms with Crippen LogP contribution in [0.15, 0.2) is 0 Å². The highest BCUT2D eigenvalue weighted by atomic mass is 16.4. The van der Waals surface area contributed by atoms with Crippen molar-refractivity contribution in [2.24, 2.45) is 11.8 Å². The van der Waals surface area contributed by atoms with Crippen molar-refractivity contribution in [1.29, 1.82) is 0 Å². The summed E-state index contributed by atoms with van der Waals surface area (Å²) in [5.74, 6) is 0.223. The summed E-state index contributed by atoms with van der Waals surface area (Å²) in [5.41, 5.74) is -0.994. The molecule has 0 aromatic carbocycles. The summed E-state index contributed by atoms with van der Waals surface area (Å²) in [6.45, 7) is 6.91. The molecule has 21 heavy (non-hydrogen) atoms. The maximum Gasteiger partial charge on any atom is 0.329 e. The Labute approximate surface area is 127 Å². The number of carbonyl (C=O) groups is 2. The highest BCUT2D eigenvalue weighted by Crippen LogP contribution is 2.35. The van der Waals surface area contributed by atoms with Crippen LogP contribution < -0.4 is 5.32 Å². The van der Waals surface area contributed by atoms with Crippen molar-refractivity contribution in [3.8, 4) is 0 Å². The van der Waals surface area contributed by atoms with Gasteiger partial charge in [-0.1, -0.05) is 27.2 Å². The maximum atomic E-state index is 12.6. The largest absolute Gasteiger partial charge is 0.479 e. The lowest BCUT2D eigenvalue weighted by atomic mass is 9.91. The fourth-order valence-electron chi connectivity index (χ4n) is 3.98. The van der Waals surface area contributed by atoms with Gasteiger partial charge >= 0.3 is 12.0 Å². The van der Waals surface area contributed by atoms with Crippen LogP contribution in [0.2, 0.25) is 0 Å². The molecule has 0 aromatic heterocycles. The van der Waals surface area contributed by atoms with E-state index in [-0.39, 0.29) is 12.1 Å². The van der Waals surface area contributed by atoms with Crippen molar-refractivity contribution in [2.75, 3.05) is 6.54 Å². The van der Waals surface area contributed by atoms with Gasteiger partial charge < -0.3 is 15.3 Å². The third-order valence-corrected chi connectivity index (χ3v) is 5.57. The smallest absolute Gasteiger partial charge is 0.329 e. The minimum absolute atomic E-state index is 0.182. The van der Waals surface area contributed by atoms with E-state index in [1.54, 1.807) is 4.90 Å². The van der Waals surface area contributed by atoms with Crippen LogP contribution in [0.1, 0.15) is 59.3 Å². The molecule has 0 bridgehead atoms. The standard InChI is InChI=1S/C16H28N2O3/c1-4-8-16(14(19)20)9-5-10-18(16)15(21)17-13-7-6-11(2)12(13)3/h11-13H,4-10H2,1-3H3,(H,17,21)(H,19,20). The number of rotatable bonds is 4. The molecule has 2 aliphatic rings. The van der Waals surface area contributed by atoms with Gasteiger partial charge in [0.25, 0.3) is 0 Å². The summed E-state index contributed by atoms with van der Waals surface area (Å²) < 4.78 is 0. The fourth-order valence-corrected chi connectivity index (χ4v) is 3.98. The summed E-state index contributed by atoms with van der Waals surface area (Å²) in [5, 5.41) is 12.7. The van der Waals surface area contributed by atoms with Crippen molar-refractivity contribution in [1.82, 2.24) is 10.2 Å². The molecule has 2 rings (SSSR count). The predicted octanol–water partition coefficient (Wildman–Crippen LogP) is 2.85. The lowest BCUT2D eigenvalue weighted by Gasteiger charge is -2.36. The minimum Gasteiger partial charge on any atom is -0.479 e. The van der Waals surface area contributed by atoms with Crippen LogP contribution >= 0.6 is 0 Å². The first-order valence-corrected chi connectivity index (χ1v) is 8.24. The van der Waals surface area contributed by atoms with Gasteiger partial charge in [0.15, 0.2) is 0 Å². The second-order valence-electron chi connectivity index (χ2n) is 6.81. The predicted molar refractivity (Wildman–Crippen MR) is 81.1 cm³/mol. The average Bonchev–Trinajstić information content (AvgIpc) is 2.99. The number of hydrogen-bond acceptors (Lipinski definition) is 2. The number of amides is 2. The first-order chi connectivity index (χ1) is 9.92. The van der Waals surface area contributed by atoms with Crippen molar-refractivity contribution in [3.63, 3.8) is 0 Å². The summed E-state index contributed by atoms with van der Waals surface area (Å²) in [4.78, 5) is 25.9. The Morgan fingerprint density at radius 1 is 1.33 bits per heavy atom. The molecule has 4 atom stereocenters. The molecule has 2 amide bonds. The quantitative estimate of drug-likeness (QED) is 0.838. The highest BCUT2D eigenvalue weighted by Gasteiger charge is 2.49. The molecule has 2 fully saturated rings. The van der Waals surface area contributed by atoms with Gasteiger partial charge in [0.1, 0.15) is 5.54 Å². The molecule has 1 aliphatic carbocycles. The van der Waals surface area contributed by atoms with Crippen molar-refractivity contribution in [2.45, 2.75) is 70.9 Å². The highest BCUT2D eigenvalue weighted by molar-refractivity contribution is 5.87. The number of likely N-dealkylation sites (tertiary alicyclic amines) is 1. The molecule has 5 nitrogen and oxygen atoms in total. The van der Waals surface area contributed by atoms with E-state index in [9.17, 15) is 14.7 Å². The Morgan fingerprint density at radius 3 is 2.57 bits per heavy atom. The molecule has 1 saturated heterocycles. The van der Waals surface area contributed by atoms with Crippen LogP contribution in [0.25, 0.3) is 0 Å².